The Morgan fingerprint density at radius 2 is 1.88 bits per heavy atom. The first-order valence-electron chi connectivity index (χ1n) is 8.44. The molecule has 1 fully saturated rings. The first-order chi connectivity index (χ1) is 11.4. The van der Waals surface area contributed by atoms with Crippen molar-refractivity contribution in [3.8, 4) is 0 Å². The Morgan fingerprint density at radius 3 is 2.50 bits per heavy atom. The second kappa shape index (κ2) is 6.59. The van der Waals surface area contributed by atoms with E-state index in [2.05, 4.69) is 30.9 Å². The molecule has 0 radical (unpaired) electrons. The van der Waals surface area contributed by atoms with Crippen molar-refractivity contribution < 1.29 is 4.79 Å². The van der Waals surface area contributed by atoms with E-state index >= 15 is 0 Å². The van der Waals surface area contributed by atoms with Crippen LogP contribution in [0.2, 0.25) is 0 Å². The van der Waals surface area contributed by atoms with E-state index in [1.807, 2.05) is 11.9 Å². The van der Waals surface area contributed by atoms with Crippen LogP contribution in [0.4, 0.5) is 9.93 Å². The van der Waals surface area contributed by atoms with E-state index in [4.69, 9.17) is 4.98 Å². The van der Waals surface area contributed by atoms with E-state index in [0.717, 1.165) is 36.6 Å². The zero-order valence-electron chi connectivity index (χ0n) is 15.2. The van der Waals surface area contributed by atoms with Gasteiger partial charge in [-0.15, -0.1) is 0 Å². The van der Waals surface area contributed by atoms with Gasteiger partial charge in [-0.1, -0.05) is 17.4 Å². The van der Waals surface area contributed by atoms with Gasteiger partial charge in [-0.25, -0.2) is 9.78 Å². The van der Waals surface area contributed by atoms with E-state index in [0.29, 0.717) is 6.04 Å². The number of benzene rings is 1. The minimum Gasteiger partial charge on any atom is -0.348 e. The molecule has 1 aromatic heterocycles. The largest absolute Gasteiger partial charge is 0.348 e. The van der Waals surface area contributed by atoms with Crippen LogP contribution in [-0.2, 0) is 0 Å². The smallest absolute Gasteiger partial charge is 0.319 e. The fraction of sp³-hybridized carbons (Fsp3) is 0.556. The number of anilines is 1. The molecule has 0 bridgehead atoms. The first kappa shape index (κ1) is 17.0. The normalized spacial score (nSPS) is 15.8. The van der Waals surface area contributed by atoms with Crippen molar-refractivity contribution in [2.75, 3.05) is 39.1 Å². The van der Waals surface area contributed by atoms with E-state index in [1.54, 1.807) is 30.3 Å². The van der Waals surface area contributed by atoms with Crippen LogP contribution in [0.3, 0.4) is 0 Å². The number of hydrogen-bond acceptors (Lipinski definition) is 4. The molecule has 0 N–H and O–H groups in total. The van der Waals surface area contributed by atoms with E-state index in [-0.39, 0.29) is 6.03 Å². The summed E-state index contributed by atoms with van der Waals surface area (Å²) in [6.07, 6.45) is 1.98. The minimum absolute atomic E-state index is 0.0829. The Morgan fingerprint density at radius 1 is 1.21 bits per heavy atom. The number of carbonyl (C=O) groups is 1. The lowest BCUT2D eigenvalue weighted by Gasteiger charge is -2.37. The SMILES string of the molecule is Cc1ccc2sc(N3CCC(N(C)C(=O)N(C)C)CC3)nc2c1C. The van der Waals surface area contributed by atoms with E-state index in [1.165, 1.54) is 15.8 Å². The van der Waals surface area contributed by atoms with Crippen LogP contribution in [0.25, 0.3) is 10.2 Å². The van der Waals surface area contributed by atoms with Crippen LogP contribution in [0.1, 0.15) is 24.0 Å². The molecule has 1 aliphatic rings. The van der Waals surface area contributed by atoms with Gasteiger partial charge < -0.3 is 14.7 Å². The molecule has 5 nitrogen and oxygen atoms in total. The fourth-order valence-electron chi connectivity index (χ4n) is 3.27. The molecular weight excluding hydrogens is 320 g/mol. The molecule has 2 heterocycles. The molecule has 1 saturated heterocycles. The zero-order chi connectivity index (χ0) is 17.4. The summed E-state index contributed by atoms with van der Waals surface area (Å²) in [7, 11) is 5.52. The fourth-order valence-corrected chi connectivity index (χ4v) is 4.34. The standard InChI is InChI=1S/C18H26N4OS/c1-12-6-7-15-16(13(12)2)19-17(24-15)22-10-8-14(9-11-22)21(5)18(23)20(3)4/h6-7,14H,8-11H2,1-5H3. The molecule has 1 aromatic carbocycles. The number of piperidine rings is 1. The molecule has 0 unspecified atom stereocenters. The van der Waals surface area contributed by atoms with Gasteiger partial charge in [0, 0.05) is 40.3 Å². The maximum absolute atomic E-state index is 12.1. The van der Waals surface area contributed by atoms with Crippen LogP contribution in [0.15, 0.2) is 12.1 Å². The number of aromatic nitrogens is 1. The van der Waals surface area contributed by atoms with Crippen molar-refractivity contribution in [3.63, 3.8) is 0 Å². The molecule has 0 atom stereocenters. The summed E-state index contributed by atoms with van der Waals surface area (Å²) in [5, 5.41) is 1.11. The summed E-state index contributed by atoms with van der Waals surface area (Å²) in [4.78, 5) is 22.9. The van der Waals surface area contributed by atoms with Crippen molar-refractivity contribution in [2.24, 2.45) is 0 Å². The average Bonchev–Trinajstić information content (AvgIpc) is 3.02. The van der Waals surface area contributed by atoms with Gasteiger partial charge in [0.05, 0.1) is 10.2 Å². The highest BCUT2D eigenvalue weighted by Gasteiger charge is 2.27. The lowest BCUT2D eigenvalue weighted by Crippen LogP contribution is -2.48. The molecule has 2 aromatic rings. The third kappa shape index (κ3) is 3.07. The number of thiazole rings is 1. The van der Waals surface area contributed by atoms with Crippen molar-refractivity contribution in [3.05, 3.63) is 23.3 Å². The number of urea groups is 1. The monoisotopic (exact) mass is 346 g/mol. The molecule has 0 aliphatic carbocycles. The Balaban J connectivity index is 1.71. The highest BCUT2D eigenvalue weighted by molar-refractivity contribution is 7.22. The number of carbonyl (C=O) groups excluding carboxylic acids is 1. The molecule has 0 spiro atoms. The van der Waals surface area contributed by atoms with Gasteiger partial charge in [0.2, 0.25) is 0 Å². The molecule has 2 amide bonds. The Bertz CT molecular complexity index is 747. The number of aryl methyl sites for hydroxylation is 2. The number of fused-ring (bicyclic) bond motifs is 1. The number of hydrogen-bond donors (Lipinski definition) is 0. The molecular formula is C18H26N4OS. The Hall–Kier alpha value is -1.82. The Labute approximate surface area is 147 Å². The topological polar surface area (TPSA) is 39.7 Å². The second-order valence-corrected chi connectivity index (χ2v) is 7.87. The second-order valence-electron chi connectivity index (χ2n) is 6.86. The summed E-state index contributed by atoms with van der Waals surface area (Å²) in [5.41, 5.74) is 3.71. The van der Waals surface area contributed by atoms with Gasteiger partial charge in [0.15, 0.2) is 5.13 Å². The quantitative estimate of drug-likeness (QED) is 0.835. The van der Waals surface area contributed by atoms with Gasteiger partial charge in [0.1, 0.15) is 0 Å². The first-order valence-corrected chi connectivity index (χ1v) is 9.26. The summed E-state index contributed by atoms with van der Waals surface area (Å²) < 4.78 is 1.26. The van der Waals surface area contributed by atoms with Crippen molar-refractivity contribution in [2.45, 2.75) is 32.7 Å². The summed E-state index contributed by atoms with van der Waals surface area (Å²) in [5.74, 6) is 0. The minimum atomic E-state index is 0.0829. The highest BCUT2D eigenvalue weighted by atomic mass is 32.1. The summed E-state index contributed by atoms with van der Waals surface area (Å²) in [6.45, 7) is 6.19. The average molecular weight is 347 g/mol. The molecule has 24 heavy (non-hydrogen) atoms. The van der Waals surface area contributed by atoms with Crippen molar-refractivity contribution in [1.82, 2.24) is 14.8 Å². The van der Waals surface area contributed by atoms with Crippen LogP contribution in [0, 0.1) is 13.8 Å². The third-order valence-corrected chi connectivity index (χ3v) is 6.12. The summed E-state index contributed by atoms with van der Waals surface area (Å²) in [6, 6.07) is 4.75. The van der Waals surface area contributed by atoms with E-state index in [9.17, 15) is 4.79 Å². The lowest BCUT2D eigenvalue weighted by molar-refractivity contribution is 0.155. The number of nitrogens with zero attached hydrogens (tertiary/aromatic N) is 4. The highest BCUT2D eigenvalue weighted by Crippen LogP contribution is 2.33. The Kier molecular flexibility index (Phi) is 4.67. The van der Waals surface area contributed by atoms with Gasteiger partial charge in [-0.3, -0.25) is 0 Å². The molecule has 130 valence electrons. The molecule has 1 aliphatic heterocycles. The van der Waals surface area contributed by atoms with Crippen LogP contribution < -0.4 is 4.90 Å². The van der Waals surface area contributed by atoms with E-state index < -0.39 is 0 Å². The zero-order valence-corrected chi connectivity index (χ0v) is 16.0. The third-order valence-electron chi connectivity index (χ3n) is 5.04. The predicted octanol–water partition coefficient (Wildman–Crippen LogP) is 3.50. The predicted molar refractivity (Wildman–Crippen MR) is 101 cm³/mol. The van der Waals surface area contributed by atoms with Gasteiger partial charge in [-0.2, -0.15) is 0 Å². The molecule has 6 heteroatoms. The van der Waals surface area contributed by atoms with Gasteiger partial charge in [0.25, 0.3) is 0 Å². The molecule has 3 rings (SSSR count). The van der Waals surface area contributed by atoms with Gasteiger partial charge in [-0.05, 0) is 43.9 Å². The van der Waals surface area contributed by atoms with Crippen molar-refractivity contribution in [1.29, 1.82) is 0 Å². The molecule has 0 saturated carbocycles. The maximum Gasteiger partial charge on any atom is 0.319 e. The number of rotatable bonds is 2. The summed E-state index contributed by atoms with van der Waals surface area (Å²) >= 11 is 1.77. The van der Waals surface area contributed by atoms with Crippen molar-refractivity contribution >= 4 is 32.7 Å². The lowest BCUT2D eigenvalue weighted by atomic mass is 10.0. The number of amides is 2. The van der Waals surface area contributed by atoms with Gasteiger partial charge >= 0.3 is 6.03 Å². The van der Waals surface area contributed by atoms with Crippen LogP contribution in [-0.4, -0.2) is 61.1 Å². The maximum atomic E-state index is 12.1. The van der Waals surface area contributed by atoms with Crippen LogP contribution in [0.5, 0.6) is 0 Å². The van der Waals surface area contributed by atoms with Crippen LogP contribution >= 0.6 is 11.3 Å².